The second-order valence-electron chi connectivity index (χ2n) is 5.60. The van der Waals surface area contributed by atoms with Gasteiger partial charge in [0, 0.05) is 15.0 Å². The lowest BCUT2D eigenvalue weighted by Gasteiger charge is -2.35. The summed E-state index contributed by atoms with van der Waals surface area (Å²) >= 11 is 9.81. The smallest absolute Gasteiger partial charge is 0.0467 e. The largest absolute Gasteiger partial charge is 0.321 e. The molecule has 0 bridgehead atoms. The highest BCUT2D eigenvalue weighted by atomic mass is 79.9. The average Bonchev–Trinajstić information content (AvgIpc) is 2.57. The van der Waals surface area contributed by atoms with Crippen molar-refractivity contribution in [2.75, 3.05) is 0 Å². The lowest BCUT2D eigenvalue weighted by atomic mass is 9.76. The molecule has 1 nitrogen and oxygen atoms in total. The predicted octanol–water partition coefficient (Wildman–Crippen LogP) is 5.25. The maximum atomic E-state index is 6.63. The third-order valence-electron chi connectivity index (χ3n) is 4.21. The van der Waals surface area contributed by atoms with Crippen molar-refractivity contribution in [1.82, 2.24) is 0 Å². The van der Waals surface area contributed by atoms with Crippen molar-refractivity contribution in [3.8, 4) is 0 Å². The van der Waals surface area contributed by atoms with Crippen LogP contribution in [0.3, 0.4) is 0 Å². The predicted molar refractivity (Wildman–Crippen MR) is 81.9 cm³/mol. The average molecular weight is 331 g/mol. The first kappa shape index (κ1) is 14.4. The van der Waals surface area contributed by atoms with E-state index in [1.165, 1.54) is 38.5 Å². The highest BCUT2D eigenvalue weighted by Crippen LogP contribution is 2.39. The summed E-state index contributed by atoms with van der Waals surface area (Å²) in [6, 6.07) is 6.04. The molecule has 1 aliphatic carbocycles. The number of hydrogen-bond acceptors (Lipinski definition) is 1. The molecule has 3 heteroatoms. The zero-order chi connectivity index (χ0) is 13.2. The van der Waals surface area contributed by atoms with Crippen LogP contribution in [0.25, 0.3) is 0 Å². The molecule has 18 heavy (non-hydrogen) atoms. The molecule has 1 atom stereocenters. The molecule has 0 saturated heterocycles. The van der Waals surface area contributed by atoms with Crippen LogP contribution in [0.1, 0.15) is 51.0 Å². The van der Waals surface area contributed by atoms with E-state index in [9.17, 15) is 0 Å². The first-order chi connectivity index (χ1) is 8.51. The van der Waals surface area contributed by atoms with Gasteiger partial charge in [0.25, 0.3) is 0 Å². The maximum Gasteiger partial charge on any atom is 0.0467 e. The van der Waals surface area contributed by atoms with E-state index in [-0.39, 0.29) is 5.54 Å². The Labute approximate surface area is 123 Å². The minimum absolute atomic E-state index is 0.317. The molecule has 1 saturated carbocycles. The van der Waals surface area contributed by atoms with Gasteiger partial charge in [0.2, 0.25) is 0 Å². The Morgan fingerprint density at radius 2 is 1.83 bits per heavy atom. The van der Waals surface area contributed by atoms with Gasteiger partial charge in [-0.1, -0.05) is 59.3 Å². The van der Waals surface area contributed by atoms with Gasteiger partial charge >= 0.3 is 0 Å². The molecule has 1 aromatic carbocycles. The third-order valence-corrected chi connectivity index (χ3v) is 5.02. The van der Waals surface area contributed by atoms with E-state index in [4.69, 9.17) is 17.3 Å². The fourth-order valence-corrected chi connectivity index (χ4v) is 3.90. The summed E-state index contributed by atoms with van der Waals surface area (Å²) < 4.78 is 1.01. The first-order valence-electron chi connectivity index (χ1n) is 6.76. The summed E-state index contributed by atoms with van der Waals surface area (Å²) in [4.78, 5) is 0. The summed E-state index contributed by atoms with van der Waals surface area (Å²) in [6.07, 6.45) is 7.73. The van der Waals surface area contributed by atoms with E-state index in [0.717, 1.165) is 15.1 Å². The summed E-state index contributed by atoms with van der Waals surface area (Å²) in [5.74, 6) is 0.540. The molecule has 0 aromatic heterocycles. The molecule has 2 N–H and O–H groups in total. The molecule has 100 valence electrons. The number of rotatable bonds is 2. The van der Waals surface area contributed by atoms with Crippen LogP contribution in [0.5, 0.6) is 0 Å². The van der Waals surface area contributed by atoms with E-state index in [1.54, 1.807) is 0 Å². The van der Waals surface area contributed by atoms with Crippen LogP contribution < -0.4 is 5.73 Å². The van der Waals surface area contributed by atoms with Crippen molar-refractivity contribution in [1.29, 1.82) is 0 Å². The normalized spacial score (nSPS) is 21.3. The molecule has 2 rings (SSSR count). The van der Waals surface area contributed by atoms with Crippen LogP contribution in [0.15, 0.2) is 22.7 Å². The van der Waals surface area contributed by atoms with Gasteiger partial charge in [-0.25, -0.2) is 0 Å². The topological polar surface area (TPSA) is 26.0 Å². The van der Waals surface area contributed by atoms with Crippen molar-refractivity contribution >= 4 is 27.5 Å². The number of benzene rings is 1. The Hall–Kier alpha value is -0.0500. The summed E-state index contributed by atoms with van der Waals surface area (Å²) in [5, 5.41) is 0.777. The molecule has 0 radical (unpaired) electrons. The zero-order valence-corrected chi connectivity index (χ0v) is 13.2. The minimum atomic E-state index is -0.317. The molecular weight excluding hydrogens is 310 g/mol. The highest BCUT2D eigenvalue weighted by Gasteiger charge is 2.33. The van der Waals surface area contributed by atoms with E-state index in [0.29, 0.717) is 5.92 Å². The Morgan fingerprint density at radius 1 is 1.22 bits per heavy atom. The highest BCUT2D eigenvalue weighted by molar-refractivity contribution is 9.10. The Morgan fingerprint density at radius 3 is 2.39 bits per heavy atom. The molecule has 1 fully saturated rings. The zero-order valence-electron chi connectivity index (χ0n) is 10.9. The van der Waals surface area contributed by atoms with E-state index < -0.39 is 0 Å². The van der Waals surface area contributed by atoms with Crippen LogP contribution in [-0.2, 0) is 5.54 Å². The lowest BCUT2D eigenvalue weighted by molar-refractivity contribution is 0.269. The summed E-state index contributed by atoms with van der Waals surface area (Å²) in [6.45, 7) is 2.14. The molecular formula is C15H21BrClN. The molecule has 0 aliphatic heterocycles. The Bertz CT molecular complexity index is 409. The fourth-order valence-electron chi connectivity index (χ4n) is 3.03. The van der Waals surface area contributed by atoms with Crippen molar-refractivity contribution < 1.29 is 0 Å². The molecule has 1 unspecified atom stereocenters. The Balaban J connectivity index is 2.27. The standard InChI is InChI=1S/C15H21BrClN/c1-15(18,11-6-4-2-3-5-7-11)13-9-8-12(16)10-14(13)17/h8-11H,2-7,18H2,1H3. The second kappa shape index (κ2) is 5.94. The van der Waals surface area contributed by atoms with Crippen molar-refractivity contribution in [2.45, 2.75) is 51.0 Å². The van der Waals surface area contributed by atoms with Crippen molar-refractivity contribution in [2.24, 2.45) is 11.7 Å². The van der Waals surface area contributed by atoms with Gasteiger partial charge in [-0.2, -0.15) is 0 Å². The third kappa shape index (κ3) is 3.09. The van der Waals surface area contributed by atoms with Crippen LogP contribution in [-0.4, -0.2) is 0 Å². The van der Waals surface area contributed by atoms with Gasteiger partial charge in [0.15, 0.2) is 0 Å². The fraction of sp³-hybridized carbons (Fsp3) is 0.600. The Kier molecular flexibility index (Phi) is 4.74. The van der Waals surface area contributed by atoms with Crippen molar-refractivity contribution in [3.63, 3.8) is 0 Å². The van der Waals surface area contributed by atoms with E-state index in [2.05, 4.69) is 28.9 Å². The van der Waals surface area contributed by atoms with Gasteiger partial charge < -0.3 is 5.73 Å². The number of halogens is 2. The molecule has 1 aliphatic rings. The molecule has 0 heterocycles. The van der Waals surface area contributed by atoms with E-state index >= 15 is 0 Å². The minimum Gasteiger partial charge on any atom is -0.321 e. The first-order valence-corrected chi connectivity index (χ1v) is 7.93. The maximum absolute atomic E-state index is 6.63. The van der Waals surface area contributed by atoms with Crippen molar-refractivity contribution in [3.05, 3.63) is 33.3 Å². The van der Waals surface area contributed by atoms with Gasteiger partial charge in [-0.05, 0) is 43.4 Å². The van der Waals surface area contributed by atoms with Gasteiger partial charge in [0.05, 0.1) is 0 Å². The quantitative estimate of drug-likeness (QED) is 0.737. The van der Waals surface area contributed by atoms with E-state index in [1.807, 2.05) is 12.1 Å². The van der Waals surface area contributed by atoms with Crippen LogP contribution in [0.2, 0.25) is 5.02 Å². The summed E-state index contributed by atoms with van der Waals surface area (Å²) in [5.41, 5.74) is 7.40. The van der Waals surface area contributed by atoms with Gasteiger partial charge in [-0.3, -0.25) is 0 Å². The van der Waals surface area contributed by atoms with Crippen LogP contribution >= 0.6 is 27.5 Å². The SMILES string of the molecule is CC(N)(c1ccc(Br)cc1Cl)C1CCCCCC1. The number of hydrogen-bond donors (Lipinski definition) is 1. The van der Waals surface area contributed by atoms with Gasteiger partial charge in [0.1, 0.15) is 0 Å². The van der Waals surface area contributed by atoms with Crippen LogP contribution in [0.4, 0.5) is 0 Å². The van der Waals surface area contributed by atoms with Gasteiger partial charge in [-0.15, -0.1) is 0 Å². The van der Waals surface area contributed by atoms with Crippen LogP contribution in [0, 0.1) is 5.92 Å². The summed E-state index contributed by atoms with van der Waals surface area (Å²) in [7, 11) is 0. The molecule has 0 amide bonds. The lowest BCUT2D eigenvalue weighted by Crippen LogP contribution is -2.41. The number of nitrogens with two attached hydrogens (primary N) is 1. The molecule has 0 spiro atoms. The monoisotopic (exact) mass is 329 g/mol. The molecule has 1 aromatic rings. The second-order valence-corrected chi connectivity index (χ2v) is 6.92.